The van der Waals surface area contributed by atoms with Crippen molar-refractivity contribution < 1.29 is 8.83 Å². The summed E-state index contributed by atoms with van der Waals surface area (Å²) in [6, 6.07) is 66.5. The zero-order valence-electron chi connectivity index (χ0n) is 29.2. The molecule has 2 heterocycles. The Labute approximate surface area is 307 Å². The molecule has 0 saturated carbocycles. The molecule has 2 aromatic heterocycles. The van der Waals surface area contributed by atoms with Crippen molar-refractivity contribution in [1.29, 1.82) is 0 Å². The molecule has 0 N–H and O–H groups in total. The van der Waals surface area contributed by atoms with Crippen LogP contribution in [0.5, 0.6) is 0 Å². The maximum Gasteiger partial charge on any atom is 0.139 e. The third-order valence-corrected chi connectivity index (χ3v) is 10.4. The molecule has 2 heteroatoms. The number of rotatable bonds is 3. The Kier molecular flexibility index (Phi) is 7.40. The first-order valence-electron chi connectivity index (χ1n) is 18.1. The molecule has 0 radical (unpaired) electrons. The van der Waals surface area contributed by atoms with Gasteiger partial charge in [0, 0.05) is 27.6 Å². The number of fused-ring (bicyclic) bond motifs is 8. The van der Waals surface area contributed by atoms with E-state index in [2.05, 4.69) is 177 Å². The predicted molar refractivity (Wildman–Crippen MR) is 223 cm³/mol. The Bertz CT molecular complexity index is 3130. The van der Waals surface area contributed by atoms with Crippen molar-refractivity contribution in [3.05, 3.63) is 194 Å². The Balaban J connectivity index is 0.000000182. The summed E-state index contributed by atoms with van der Waals surface area (Å²) in [5.41, 5.74) is 12.1. The van der Waals surface area contributed by atoms with Gasteiger partial charge in [-0.1, -0.05) is 139 Å². The molecule has 0 spiro atoms. The van der Waals surface area contributed by atoms with Crippen LogP contribution in [-0.4, -0.2) is 0 Å². The molecular formula is C51H34O2. The van der Waals surface area contributed by atoms with E-state index in [4.69, 9.17) is 8.83 Å². The van der Waals surface area contributed by atoms with Crippen LogP contribution in [0.3, 0.4) is 0 Å². The number of hydrogen-bond donors (Lipinski definition) is 0. The van der Waals surface area contributed by atoms with E-state index in [1.165, 1.54) is 60.5 Å². The summed E-state index contributed by atoms with van der Waals surface area (Å²) < 4.78 is 12.4. The lowest BCUT2D eigenvalue weighted by atomic mass is 9.96. The number of benzene rings is 9. The molecule has 0 fully saturated rings. The summed E-state index contributed by atoms with van der Waals surface area (Å²) in [7, 11) is 0. The smallest absolute Gasteiger partial charge is 0.139 e. The predicted octanol–water partition coefficient (Wildman–Crippen LogP) is 14.8. The Morgan fingerprint density at radius 1 is 0.264 bits per heavy atom. The Morgan fingerprint density at radius 2 is 0.717 bits per heavy atom. The highest BCUT2D eigenvalue weighted by molar-refractivity contribution is 6.15. The van der Waals surface area contributed by atoms with E-state index in [1.54, 1.807) is 0 Å². The van der Waals surface area contributed by atoms with E-state index >= 15 is 0 Å². The van der Waals surface area contributed by atoms with Gasteiger partial charge in [-0.25, -0.2) is 0 Å². The highest BCUT2D eigenvalue weighted by Crippen LogP contribution is 2.39. The minimum Gasteiger partial charge on any atom is -0.456 e. The van der Waals surface area contributed by atoms with Gasteiger partial charge in [-0.3, -0.25) is 0 Å². The van der Waals surface area contributed by atoms with Gasteiger partial charge in [0.15, 0.2) is 0 Å². The van der Waals surface area contributed by atoms with Crippen LogP contribution in [-0.2, 0) is 0 Å². The molecule has 0 unspecified atom stereocenters. The zero-order valence-corrected chi connectivity index (χ0v) is 29.2. The van der Waals surface area contributed by atoms with Crippen LogP contribution in [0.2, 0.25) is 0 Å². The first kappa shape index (κ1) is 30.9. The van der Waals surface area contributed by atoms with E-state index in [1.807, 2.05) is 18.2 Å². The molecule has 0 saturated heterocycles. The van der Waals surface area contributed by atoms with Gasteiger partial charge in [-0.05, 0) is 110 Å². The Hall–Kier alpha value is -6.90. The van der Waals surface area contributed by atoms with Crippen molar-refractivity contribution in [2.45, 2.75) is 6.92 Å². The summed E-state index contributed by atoms with van der Waals surface area (Å²) in [6.07, 6.45) is 0. The van der Waals surface area contributed by atoms with Gasteiger partial charge in [0.05, 0.1) is 0 Å². The zero-order chi connectivity index (χ0) is 35.3. The van der Waals surface area contributed by atoms with E-state index in [9.17, 15) is 0 Å². The van der Waals surface area contributed by atoms with Crippen LogP contribution in [0, 0.1) is 6.92 Å². The van der Waals surface area contributed by atoms with Crippen molar-refractivity contribution in [3.63, 3.8) is 0 Å². The summed E-state index contributed by atoms with van der Waals surface area (Å²) in [5, 5.41) is 9.60. The topological polar surface area (TPSA) is 26.3 Å². The normalized spacial score (nSPS) is 11.5. The van der Waals surface area contributed by atoms with Crippen LogP contribution >= 0.6 is 0 Å². The molecule has 0 aliphatic heterocycles. The molecule has 0 aliphatic carbocycles. The average Bonchev–Trinajstić information content (AvgIpc) is 3.76. The SMILES string of the molecule is Cc1ccc2oc3cc4oc5ccc(-c6cccc(-c7ccc8ccccc8c7)c6)cc5c4cc3c2c1.c1ccc(-c2ccc3ccccc3c2)cc1. The third kappa shape index (κ3) is 5.71. The van der Waals surface area contributed by atoms with E-state index in [0.717, 1.165) is 43.9 Å². The first-order chi connectivity index (χ1) is 26.1. The van der Waals surface area contributed by atoms with Crippen LogP contribution in [0.25, 0.3) is 98.8 Å². The van der Waals surface area contributed by atoms with Crippen molar-refractivity contribution in [1.82, 2.24) is 0 Å². The number of hydrogen-bond acceptors (Lipinski definition) is 2. The van der Waals surface area contributed by atoms with E-state index in [-0.39, 0.29) is 0 Å². The van der Waals surface area contributed by atoms with Gasteiger partial charge in [0.1, 0.15) is 22.3 Å². The highest BCUT2D eigenvalue weighted by Gasteiger charge is 2.14. The molecular weight excluding hydrogens is 645 g/mol. The lowest BCUT2D eigenvalue weighted by Crippen LogP contribution is -1.82. The molecule has 53 heavy (non-hydrogen) atoms. The molecule has 0 bridgehead atoms. The van der Waals surface area contributed by atoms with Crippen molar-refractivity contribution >= 4 is 65.4 Å². The third-order valence-electron chi connectivity index (χ3n) is 10.4. The fourth-order valence-corrected chi connectivity index (χ4v) is 7.59. The van der Waals surface area contributed by atoms with Crippen molar-refractivity contribution in [2.24, 2.45) is 0 Å². The molecule has 0 atom stereocenters. The second-order valence-electron chi connectivity index (χ2n) is 13.8. The molecule has 0 aliphatic rings. The minimum atomic E-state index is 0.848. The largest absolute Gasteiger partial charge is 0.456 e. The fraction of sp³-hybridized carbons (Fsp3) is 0.0196. The maximum absolute atomic E-state index is 6.25. The van der Waals surface area contributed by atoms with E-state index in [0.29, 0.717) is 0 Å². The van der Waals surface area contributed by atoms with Crippen LogP contribution < -0.4 is 0 Å². The van der Waals surface area contributed by atoms with Gasteiger partial charge in [-0.2, -0.15) is 0 Å². The highest BCUT2D eigenvalue weighted by atomic mass is 16.3. The summed E-state index contributed by atoms with van der Waals surface area (Å²) in [5.74, 6) is 0. The standard InChI is InChI=1S/C35H22O2.C16H12/c1-21-9-13-32-28(15-21)30-19-31-29-18-27(12-14-33(29)37-35(31)20-34(30)36-32)25-8-4-7-24(17-25)26-11-10-22-5-2-3-6-23(22)16-26;1-2-6-13(7-3-1)16-11-10-14-8-4-5-9-15(14)12-16/h2-20H,1H3;1-12H. The van der Waals surface area contributed by atoms with Gasteiger partial charge < -0.3 is 8.83 Å². The van der Waals surface area contributed by atoms with Gasteiger partial charge in [0.25, 0.3) is 0 Å². The van der Waals surface area contributed by atoms with E-state index < -0.39 is 0 Å². The molecule has 9 aromatic carbocycles. The molecule has 11 aromatic rings. The monoisotopic (exact) mass is 678 g/mol. The second kappa shape index (κ2) is 12.7. The number of furan rings is 2. The quantitative estimate of drug-likeness (QED) is 0.186. The maximum atomic E-state index is 6.25. The molecule has 2 nitrogen and oxygen atoms in total. The number of aryl methyl sites for hydroxylation is 1. The van der Waals surface area contributed by atoms with Crippen LogP contribution in [0.1, 0.15) is 5.56 Å². The Morgan fingerprint density at radius 3 is 1.36 bits per heavy atom. The fourth-order valence-electron chi connectivity index (χ4n) is 7.59. The molecule has 250 valence electrons. The lowest BCUT2D eigenvalue weighted by molar-refractivity contribution is 0.656. The van der Waals surface area contributed by atoms with Gasteiger partial charge >= 0.3 is 0 Å². The van der Waals surface area contributed by atoms with Gasteiger partial charge in [0.2, 0.25) is 0 Å². The van der Waals surface area contributed by atoms with Gasteiger partial charge in [-0.15, -0.1) is 0 Å². The molecule has 0 amide bonds. The molecule has 11 rings (SSSR count). The van der Waals surface area contributed by atoms with Crippen molar-refractivity contribution in [2.75, 3.05) is 0 Å². The van der Waals surface area contributed by atoms with Crippen molar-refractivity contribution in [3.8, 4) is 33.4 Å². The first-order valence-corrected chi connectivity index (χ1v) is 18.1. The summed E-state index contributed by atoms with van der Waals surface area (Å²) in [6.45, 7) is 2.11. The second-order valence-corrected chi connectivity index (χ2v) is 13.8. The lowest BCUT2D eigenvalue weighted by Gasteiger charge is -2.08. The minimum absolute atomic E-state index is 0.848. The van der Waals surface area contributed by atoms with Crippen LogP contribution in [0.15, 0.2) is 197 Å². The average molecular weight is 679 g/mol. The summed E-state index contributed by atoms with van der Waals surface area (Å²) in [4.78, 5) is 0. The summed E-state index contributed by atoms with van der Waals surface area (Å²) >= 11 is 0. The van der Waals surface area contributed by atoms with Crippen LogP contribution in [0.4, 0.5) is 0 Å².